The number of anilines is 1. The van der Waals surface area contributed by atoms with Crippen molar-refractivity contribution in [3.05, 3.63) is 27.3 Å². The molecule has 0 saturated carbocycles. The molecule has 0 aliphatic carbocycles. The molecule has 21 heavy (non-hydrogen) atoms. The summed E-state index contributed by atoms with van der Waals surface area (Å²) in [5, 5.41) is 9.04. The summed E-state index contributed by atoms with van der Waals surface area (Å²) in [6, 6.07) is 5.42. The van der Waals surface area contributed by atoms with Gasteiger partial charge < -0.3 is 5.11 Å². The minimum atomic E-state index is -3.72. The second-order valence-corrected chi connectivity index (χ2v) is 8.02. The fourth-order valence-corrected chi connectivity index (χ4v) is 4.34. The van der Waals surface area contributed by atoms with E-state index in [4.69, 9.17) is 5.11 Å². The maximum Gasteiger partial charge on any atom is 0.307 e. The second kappa shape index (κ2) is 6.49. The van der Waals surface area contributed by atoms with Crippen LogP contribution in [0.25, 0.3) is 0 Å². The van der Waals surface area contributed by atoms with Gasteiger partial charge in [-0.3, -0.25) is 9.52 Å². The maximum absolute atomic E-state index is 12.4. The largest absolute Gasteiger partial charge is 0.481 e. The van der Waals surface area contributed by atoms with Crippen molar-refractivity contribution in [3.63, 3.8) is 0 Å². The highest BCUT2D eigenvalue weighted by Crippen LogP contribution is 2.23. The standard InChI is InChI=1S/C13H17IN2O4S/c1-9-7-11(14)4-5-12(9)15-21(19,20)16-6-2-3-10(8-16)13(17)18/h4-5,7,10,15H,2-3,6,8H2,1H3,(H,17,18). The van der Waals surface area contributed by atoms with Crippen molar-refractivity contribution in [2.75, 3.05) is 17.8 Å². The number of nitrogens with one attached hydrogen (secondary N) is 1. The number of carboxylic acids is 1. The Balaban J connectivity index is 2.16. The van der Waals surface area contributed by atoms with Crippen LogP contribution in [0.2, 0.25) is 0 Å². The van der Waals surface area contributed by atoms with Gasteiger partial charge in [-0.25, -0.2) is 0 Å². The summed E-state index contributed by atoms with van der Waals surface area (Å²) < 4.78 is 29.5. The molecular formula is C13H17IN2O4S. The van der Waals surface area contributed by atoms with E-state index >= 15 is 0 Å². The van der Waals surface area contributed by atoms with Crippen molar-refractivity contribution >= 4 is 44.5 Å². The zero-order valence-electron chi connectivity index (χ0n) is 11.5. The van der Waals surface area contributed by atoms with Crippen molar-refractivity contribution in [3.8, 4) is 0 Å². The summed E-state index contributed by atoms with van der Waals surface area (Å²) in [4.78, 5) is 11.0. The lowest BCUT2D eigenvalue weighted by molar-refractivity contribution is -0.142. The van der Waals surface area contributed by atoms with Gasteiger partial charge in [0.25, 0.3) is 0 Å². The number of halogens is 1. The third kappa shape index (κ3) is 4.07. The minimum Gasteiger partial charge on any atom is -0.481 e. The fraction of sp³-hybridized carbons (Fsp3) is 0.462. The van der Waals surface area contributed by atoms with Gasteiger partial charge in [0, 0.05) is 16.7 Å². The molecule has 1 aliphatic heterocycles. The molecule has 116 valence electrons. The van der Waals surface area contributed by atoms with Gasteiger partial charge in [0.2, 0.25) is 0 Å². The number of carboxylic acid groups (broad SMARTS) is 1. The summed E-state index contributed by atoms with van der Waals surface area (Å²) in [7, 11) is -3.72. The topological polar surface area (TPSA) is 86.7 Å². The minimum absolute atomic E-state index is 0.0219. The van der Waals surface area contributed by atoms with Crippen molar-refractivity contribution in [2.24, 2.45) is 5.92 Å². The third-order valence-corrected chi connectivity index (χ3v) is 5.66. The van der Waals surface area contributed by atoms with Gasteiger partial charge in [0.1, 0.15) is 0 Å². The average Bonchev–Trinajstić information content (AvgIpc) is 2.42. The Kier molecular flexibility index (Phi) is 5.10. The van der Waals surface area contributed by atoms with Crippen LogP contribution in [0.1, 0.15) is 18.4 Å². The van der Waals surface area contributed by atoms with Crippen molar-refractivity contribution in [1.29, 1.82) is 0 Å². The summed E-state index contributed by atoms with van der Waals surface area (Å²) in [6.07, 6.45) is 1.08. The van der Waals surface area contributed by atoms with Crippen LogP contribution in [0, 0.1) is 16.4 Å². The number of aryl methyl sites for hydroxylation is 1. The molecule has 8 heteroatoms. The zero-order chi connectivity index (χ0) is 15.6. The van der Waals surface area contributed by atoms with E-state index in [1.165, 1.54) is 4.31 Å². The van der Waals surface area contributed by atoms with Gasteiger partial charge in [0.05, 0.1) is 11.6 Å². The molecule has 0 radical (unpaired) electrons. The van der Waals surface area contributed by atoms with Crippen LogP contribution in [0.15, 0.2) is 18.2 Å². The zero-order valence-corrected chi connectivity index (χ0v) is 14.5. The highest BCUT2D eigenvalue weighted by molar-refractivity contribution is 14.1. The number of hydrogen-bond donors (Lipinski definition) is 2. The van der Waals surface area contributed by atoms with E-state index in [-0.39, 0.29) is 6.54 Å². The molecule has 0 aromatic heterocycles. The molecule has 2 rings (SSSR count). The fourth-order valence-electron chi connectivity index (χ4n) is 2.31. The van der Waals surface area contributed by atoms with Crippen LogP contribution in [0.5, 0.6) is 0 Å². The number of aliphatic carboxylic acids is 1. The molecule has 0 bridgehead atoms. The molecular weight excluding hydrogens is 407 g/mol. The summed E-state index contributed by atoms with van der Waals surface area (Å²) in [5.74, 6) is -1.58. The normalized spacial score (nSPS) is 20.2. The molecule has 1 atom stereocenters. The molecule has 1 fully saturated rings. The van der Waals surface area contributed by atoms with Crippen LogP contribution in [-0.2, 0) is 15.0 Å². The number of hydrogen-bond acceptors (Lipinski definition) is 3. The molecule has 0 spiro atoms. The number of benzene rings is 1. The highest BCUT2D eigenvalue weighted by atomic mass is 127. The molecule has 1 saturated heterocycles. The van der Waals surface area contributed by atoms with Crippen molar-refractivity contribution in [1.82, 2.24) is 4.31 Å². The van der Waals surface area contributed by atoms with Crippen molar-refractivity contribution < 1.29 is 18.3 Å². The number of piperidine rings is 1. The van der Waals surface area contributed by atoms with E-state index in [0.717, 1.165) is 9.13 Å². The van der Waals surface area contributed by atoms with E-state index < -0.39 is 22.1 Å². The lowest BCUT2D eigenvalue weighted by Gasteiger charge is -2.30. The lowest BCUT2D eigenvalue weighted by Crippen LogP contribution is -2.44. The van der Waals surface area contributed by atoms with Gasteiger partial charge in [-0.2, -0.15) is 12.7 Å². The van der Waals surface area contributed by atoms with Crippen LogP contribution in [0.4, 0.5) is 5.69 Å². The average molecular weight is 424 g/mol. The Morgan fingerprint density at radius 3 is 2.81 bits per heavy atom. The van der Waals surface area contributed by atoms with Gasteiger partial charge in [-0.05, 0) is 66.1 Å². The van der Waals surface area contributed by atoms with E-state index in [0.29, 0.717) is 25.1 Å². The summed E-state index contributed by atoms with van der Waals surface area (Å²) in [6.45, 7) is 2.20. The molecule has 6 nitrogen and oxygen atoms in total. The Bertz CT molecular complexity index is 648. The quantitative estimate of drug-likeness (QED) is 0.725. The Labute approximate surface area is 137 Å². The van der Waals surface area contributed by atoms with Gasteiger partial charge >= 0.3 is 16.2 Å². The van der Waals surface area contributed by atoms with Crippen LogP contribution in [-0.4, -0.2) is 36.9 Å². The van der Waals surface area contributed by atoms with Crippen LogP contribution < -0.4 is 4.72 Å². The van der Waals surface area contributed by atoms with Gasteiger partial charge in [0.15, 0.2) is 0 Å². The molecule has 2 N–H and O–H groups in total. The first-order chi connectivity index (χ1) is 9.79. The molecule has 1 aliphatic rings. The molecule has 1 aromatic rings. The second-order valence-electron chi connectivity index (χ2n) is 5.10. The smallest absolute Gasteiger partial charge is 0.307 e. The monoisotopic (exact) mass is 424 g/mol. The van der Waals surface area contributed by atoms with Crippen molar-refractivity contribution in [2.45, 2.75) is 19.8 Å². The number of nitrogens with zero attached hydrogens (tertiary/aromatic N) is 1. The first-order valence-corrected chi connectivity index (χ1v) is 9.08. The number of carbonyl (C=O) groups is 1. The third-order valence-electron chi connectivity index (χ3n) is 3.50. The SMILES string of the molecule is Cc1cc(I)ccc1NS(=O)(=O)N1CCCC(C(=O)O)C1. The molecule has 1 aromatic carbocycles. The Morgan fingerprint density at radius 2 is 2.19 bits per heavy atom. The Morgan fingerprint density at radius 1 is 1.48 bits per heavy atom. The van der Waals surface area contributed by atoms with E-state index in [1.807, 2.05) is 19.1 Å². The predicted octanol–water partition coefficient (Wildman–Crippen LogP) is 2.05. The van der Waals surface area contributed by atoms with E-state index in [2.05, 4.69) is 27.3 Å². The molecule has 0 amide bonds. The maximum atomic E-state index is 12.4. The Hall–Kier alpha value is -0.870. The first-order valence-electron chi connectivity index (χ1n) is 6.56. The molecule has 1 unspecified atom stereocenters. The summed E-state index contributed by atoms with van der Waals surface area (Å²) in [5.41, 5.74) is 1.35. The van der Waals surface area contributed by atoms with Gasteiger partial charge in [-0.15, -0.1) is 0 Å². The van der Waals surface area contributed by atoms with E-state index in [9.17, 15) is 13.2 Å². The number of rotatable bonds is 4. The first kappa shape index (κ1) is 16.5. The lowest BCUT2D eigenvalue weighted by atomic mass is 10.0. The molecule has 1 heterocycles. The van der Waals surface area contributed by atoms with Crippen LogP contribution >= 0.6 is 22.6 Å². The summed E-state index contributed by atoms with van der Waals surface area (Å²) >= 11 is 2.16. The van der Waals surface area contributed by atoms with E-state index in [1.54, 1.807) is 6.07 Å². The van der Waals surface area contributed by atoms with Gasteiger partial charge in [-0.1, -0.05) is 0 Å². The van der Waals surface area contributed by atoms with Crippen LogP contribution in [0.3, 0.4) is 0 Å². The highest BCUT2D eigenvalue weighted by Gasteiger charge is 2.32. The predicted molar refractivity (Wildman–Crippen MR) is 88.4 cm³/mol.